The summed E-state index contributed by atoms with van der Waals surface area (Å²) in [6, 6.07) is 85.5. The maximum atomic E-state index is 15.9. The summed E-state index contributed by atoms with van der Waals surface area (Å²) < 4.78 is 99.0. The van der Waals surface area contributed by atoms with Gasteiger partial charge in [-0.3, -0.25) is 19.9 Å². The second-order valence-electron chi connectivity index (χ2n) is 23.4. The van der Waals surface area contributed by atoms with Crippen LogP contribution in [0.5, 0.6) is 0 Å². The molecule has 0 saturated carbocycles. The van der Waals surface area contributed by atoms with Gasteiger partial charge in [-0.05, 0) is 95.1 Å². The van der Waals surface area contributed by atoms with Gasteiger partial charge < -0.3 is 9.13 Å². The predicted octanol–water partition coefficient (Wildman–Crippen LogP) is 22.4. The van der Waals surface area contributed by atoms with E-state index in [1.54, 1.807) is 24.8 Å². The second kappa shape index (κ2) is 23.5. The van der Waals surface area contributed by atoms with Crippen LogP contribution >= 0.6 is 0 Å². The van der Waals surface area contributed by atoms with Crippen molar-refractivity contribution in [1.82, 2.24) is 29.1 Å². The van der Waals surface area contributed by atoms with E-state index in [0.29, 0.717) is 67.7 Å². The van der Waals surface area contributed by atoms with Crippen molar-refractivity contribution in [3.63, 3.8) is 0 Å². The molecule has 6 heterocycles. The minimum atomic E-state index is -5.31. The fourth-order valence-corrected chi connectivity index (χ4v) is 13.6. The molecule has 0 fully saturated rings. The minimum absolute atomic E-state index is 0.152. The van der Waals surface area contributed by atoms with E-state index < -0.39 is 40.2 Å². The average molecular weight is 1260 g/mol. The Kier molecular flexibility index (Phi) is 14.4. The Morgan fingerprint density at radius 1 is 0.281 bits per heavy atom. The molecule has 16 rings (SSSR count). The van der Waals surface area contributed by atoms with Crippen molar-refractivity contribution in [2.45, 2.75) is 12.4 Å². The van der Waals surface area contributed by atoms with Crippen LogP contribution in [-0.2, 0) is 12.4 Å². The zero-order valence-electron chi connectivity index (χ0n) is 50.7. The number of alkyl halides is 6. The van der Waals surface area contributed by atoms with Gasteiger partial charge in [0.1, 0.15) is 0 Å². The van der Waals surface area contributed by atoms with Gasteiger partial charge in [-0.15, -0.1) is 0 Å². The predicted molar refractivity (Wildman–Crippen MR) is 370 cm³/mol. The minimum Gasteiger partial charge on any atom is -0.307 e. The highest BCUT2D eigenvalue weighted by Gasteiger charge is 2.42. The Labute approximate surface area is 546 Å². The highest BCUT2D eigenvalue weighted by Crippen LogP contribution is 2.50. The zero-order chi connectivity index (χ0) is 65.2. The molecule has 6 aromatic heterocycles. The van der Waals surface area contributed by atoms with Gasteiger partial charge in [-0.1, -0.05) is 200 Å². The van der Waals surface area contributed by atoms with Crippen molar-refractivity contribution < 1.29 is 26.3 Å². The quantitative estimate of drug-likeness (QED) is 0.120. The number of rotatable bonds is 11. The third-order valence-corrected chi connectivity index (χ3v) is 17.9. The van der Waals surface area contributed by atoms with Crippen LogP contribution in [0.1, 0.15) is 16.7 Å². The van der Waals surface area contributed by atoms with Crippen LogP contribution in [0.4, 0.5) is 26.3 Å². The van der Waals surface area contributed by atoms with Crippen LogP contribution in [0.15, 0.2) is 298 Å². The smallest absolute Gasteiger partial charge is 0.307 e. The van der Waals surface area contributed by atoms with Crippen molar-refractivity contribution in [2.24, 2.45) is 0 Å². The number of nitriles is 1. The molecule has 0 aliphatic rings. The van der Waals surface area contributed by atoms with Gasteiger partial charge in [0.15, 0.2) is 0 Å². The molecule has 13 heteroatoms. The van der Waals surface area contributed by atoms with Crippen LogP contribution in [0.2, 0.25) is 0 Å². The third-order valence-electron chi connectivity index (χ3n) is 17.9. The summed E-state index contributed by atoms with van der Waals surface area (Å²) in [6.07, 6.45) is -3.71. The summed E-state index contributed by atoms with van der Waals surface area (Å²) in [5.41, 5.74) is 9.67. The topological polar surface area (TPSA) is 85.2 Å². The molecule has 0 N–H and O–H groups in total. The molecule has 458 valence electrons. The molecule has 10 aromatic carbocycles. The van der Waals surface area contributed by atoms with Crippen LogP contribution in [0.25, 0.3) is 156 Å². The second-order valence-corrected chi connectivity index (χ2v) is 23.4. The van der Waals surface area contributed by atoms with Gasteiger partial charge in [0.2, 0.25) is 0 Å². The lowest BCUT2D eigenvalue weighted by Gasteiger charge is -2.23. The van der Waals surface area contributed by atoms with E-state index in [-0.39, 0.29) is 11.4 Å². The number of aromatic nitrogens is 6. The number of hydrogen-bond donors (Lipinski definition) is 0. The first-order valence-corrected chi connectivity index (χ1v) is 30.9. The average Bonchev–Trinajstić information content (AvgIpc) is 1.50. The van der Waals surface area contributed by atoms with Gasteiger partial charge in [0.25, 0.3) is 0 Å². The van der Waals surface area contributed by atoms with E-state index in [4.69, 9.17) is 19.9 Å². The molecule has 0 spiro atoms. The maximum Gasteiger partial charge on any atom is 0.417 e. The molecule has 7 nitrogen and oxygen atoms in total. The van der Waals surface area contributed by atoms with Gasteiger partial charge in [-0.2, -0.15) is 31.6 Å². The molecule has 96 heavy (non-hydrogen) atoms. The molecule has 0 unspecified atom stereocenters. The van der Waals surface area contributed by atoms with E-state index in [2.05, 4.69) is 6.07 Å². The van der Waals surface area contributed by atoms with Crippen molar-refractivity contribution in [2.75, 3.05) is 0 Å². The molecule has 0 bridgehead atoms. The highest BCUT2D eigenvalue weighted by molar-refractivity contribution is 6.14. The van der Waals surface area contributed by atoms with E-state index in [1.807, 2.05) is 252 Å². The fraction of sp³-hybridized carbons (Fsp3) is 0.0241. The summed E-state index contributed by atoms with van der Waals surface area (Å²) in [5.74, 6) is 0. The van der Waals surface area contributed by atoms with Crippen LogP contribution in [0, 0.1) is 11.3 Å². The van der Waals surface area contributed by atoms with Crippen molar-refractivity contribution >= 4 is 43.6 Å². The maximum absolute atomic E-state index is 15.9. The van der Waals surface area contributed by atoms with E-state index in [9.17, 15) is 5.26 Å². The molecule has 0 radical (unpaired) electrons. The van der Waals surface area contributed by atoms with Crippen LogP contribution in [0.3, 0.4) is 0 Å². The molecule has 0 aliphatic heterocycles. The number of hydrogen-bond acceptors (Lipinski definition) is 5. The monoisotopic (exact) mass is 1260 g/mol. The molecule has 0 aliphatic carbocycles. The molecular weight excluding hydrogens is 1210 g/mol. The number of fused-ring (bicyclic) bond motifs is 6. The summed E-state index contributed by atoms with van der Waals surface area (Å²) in [6.45, 7) is 0. The fourth-order valence-electron chi connectivity index (χ4n) is 13.6. The van der Waals surface area contributed by atoms with Crippen LogP contribution in [-0.4, -0.2) is 29.1 Å². The van der Waals surface area contributed by atoms with Gasteiger partial charge in [-0.25, -0.2) is 0 Å². The van der Waals surface area contributed by atoms with E-state index in [0.717, 1.165) is 83.6 Å². The van der Waals surface area contributed by atoms with Crippen molar-refractivity contribution in [3.05, 3.63) is 314 Å². The Hall–Kier alpha value is -12.5. The number of pyridine rings is 4. The summed E-state index contributed by atoms with van der Waals surface area (Å²) in [4.78, 5) is 19.6. The van der Waals surface area contributed by atoms with E-state index >= 15 is 26.3 Å². The van der Waals surface area contributed by atoms with Crippen LogP contribution < -0.4 is 0 Å². The Morgan fingerprint density at radius 3 is 0.854 bits per heavy atom. The number of nitrogens with zero attached hydrogens (tertiary/aromatic N) is 7. The molecular formula is C83H49F6N7. The van der Waals surface area contributed by atoms with Gasteiger partial charge in [0.05, 0.1) is 79.0 Å². The summed E-state index contributed by atoms with van der Waals surface area (Å²) >= 11 is 0. The first-order chi connectivity index (χ1) is 46.9. The SMILES string of the molecule is N#Cc1cc(-n2c3cc(-c4cccnc4-c4ccccc4)ccc3c3ccc(-c4cccnc4-c4ccccc4)cc32)c(-n2c3cc(-c4cccnc4-c4ccccc4)ccc3c3ccc(-c4cccnc4-c4ccccc4)cc32)cc1-c1c(C(F)(F)F)cccc1C(F)(F)F. The zero-order valence-corrected chi connectivity index (χ0v) is 50.7. The molecule has 16 aromatic rings. The summed E-state index contributed by atoms with van der Waals surface area (Å²) in [5, 5.41) is 14.6. The highest BCUT2D eigenvalue weighted by atomic mass is 19.4. The Balaban J connectivity index is 1.09. The Morgan fingerprint density at radius 2 is 0.573 bits per heavy atom. The lowest BCUT2D eigenvalue weighted by molar-refractivity contribution is -0.142. The number of benzene rings is 10. The summed E-state index contributed by atoms with van der Waals surface area (Å²) in [7, 11) is 0. The first-order valence-electron chi connectivity index (χ1n) is 30.9. The molecule has 0 saturated heterocycles. The van der Waals surface area contributed by atoms with Crippen molar-refractivity contribution in [1.29, 1.82) is 5.26 Å². The first kappa shape index (κ1) is 58.5. The van der Waals surface area contributed by atoms with E-state index in [1.165, 1.54) is 12.1 Å². The largest absolute Gasteiger partial charge is 0.417 e. The van der Waals surface area contributed by atoms with Gasteiger partial charge in [0, 0.05) is 102 Å². The normalized spacial score (nSPS) is 11.8. The number of halogens is 6. The molecule has 0 atom stereocenters. The lowest BCUT2D eigenvalue weighted by Crippen LogP contribution is -2.15. The van der Waals surface area contributed by atoms with Crippen molar-refractivity contribution in [3.8, 4) is 118 Å². The Bertz CT molecular complexity index is 5440. The van der Waals surface area contributed by atoms with Gasteiger partial charge >= 0.3 is 12.4 Å². The molecule has 0 amide bonds. The third kappa shape index (κ3) is 10.2. The standard InChI is InChI=1S/C83H49F6N7/c84-82(85,86)69-30-13-31-70(83(87,88)89)77(69)68-49-76(96-73-46-57(62-28-16-42-93-80(62)53-22-9-3-10-23-53)34-38-66(73)67-39-35-58(47-74(67)96)63-29-17-43-94-81(63)54-24-11-4-12-25-54)75(48-59(68)50-90)95-71-44-55(60-26-14-40-91-78(60)51-18-5-1-6-19-51)32-36-64(71)65-37-33-56(45-72(65)95)61-27-15-41-92-79(61)52-20-7-2-8-21-52/h1-49H. The lowest BCUT2D eigenvalue weighted by atomic mass is 9.89.